The van der Waals surface area contributed by atoms with Crippen LogP contribution in [0.4, 0.5) is 0 Å². The van der Waals surface area contributed by atoms with Crippen molar-refractivity contribution in [3.8, 4) is 0 Å². The number of nitrogens with zero attached hydrogens (tertiary/aromatic N) is 3. The Morgan fingerprint density at radius 3 is 2.95 bits per heavy atom. The van der Waals surface area contributed by atoms with Crippen molar-refractivity contribution in [3.63, 3.8) is 0 Å². The van der Waals surface area contributed by atoms with E-state index in [9.17, 15) is 4.79 Å². The zero-order valence-corrected chi connectivity index (χ0v) is 11.2. The van der Waals surface area contributed by atoms with Gasteiger partial charge in [0.2, 0.25) is 5.91 Å². The van der Waals surface area contributed by atoms with Crippen molar-refractivity contribution in [1.82, 2.24) is 19.9 Å². The van der Waals surface area contributed by atoms with Crippen molar-refractivity contribution in [2.75, 3.05) is 6.54 Å². The number of nitrogens with one attached hydrogen (secondary N) is 1. The summed E-state index contributed by atoms with van der Waals surface area (Å²) in [7, 11) is 0. The fourth-order valence-electron chi connectivity index (χ4n) is 1.95. The molecule has 2 heterocycles. The summed E-state index contributed by atoms with van der Waals surface area (Å²) in [5, 5.41) is 2.93. The number of pyridine rings is 1. The first kappa shape index (κ1) is 13.3. The molecule has 0 fully saturated rings. The summed E-state index contributed by atoms with van der Waals surface area (Å²) >= 11 is 0. The van der Waals surface area contributed by atoms with Crippen molar-refractivity contribution in [1.29, 1.82) is 0 Å². The number of carbonyl (C=O) groups excluding carboxylic acids is 1. The second-order valence-corrected chi connectivity index (χ2v) is 4.46. The van der Waals surface area contributed by atoms with E-state index in [1.807, 2.05) is 42.9 Å². The zero-order chi connectivity index (χ0) is 13.7. The summed E-state index contributed by atoms with van der Waals surface area (Å²) in [5.74, 6) is 0.847. The number of aryl methyl sites for hydroxylation is 1. The summed E-state index contributed by atoms with van der Waals surface area (Å²) in [6, 6.07) is 3.66. The Kier molecular flexibility index (Phi) is 4.28. The summed E-state index contributed by atoms with van der Waals surface area (Å²) in [6.07, 6.45) is 7.87. The van der Waals surface area contributed by atoms with Gasteiger partial charge in [0.25, 0.3) is 0 Å². The number of hydrogen-bond acceptors (Lipinski definition) is 3. The highest BCUT2D eigenvalue weighted by Crippen LogP contribution is 2.08. The normalized spacial score (nSPS) is 12.1. The molecule has 0 spiro atoms. The topological polar surface area (TPSA) is 59.8 Å². The minimum absolute atomic E-state index is 0.00462. The van der Waals surface area contributed by atoms with Gasteiger partial charge in [-0.3, -0.25) is 9.78 Å². The van der Waals surface area contributed by atoms with E-state index in [-0.39, 0.29) is 11.9 Å². The predicted octanol–water partition coefficient (Wildman–Crippen LogP) is 1.51. The number of imidazole rings is 1. The van der Waals surface area contributed by atoms with Crippen molar-refractivity contribution >= 4 is 5.91 Å². The summed E-state index contributed by atoms with van der Waals surface area (Å²) in [4.78, 5) is 20.2. The molecule has 0 aliphatic rings. The quantitative estimate of drug-likeness (QED) is 0.884. The van der Waals surface area contributed by atoms with E-state index in [2.05, 4.69) is 15.3 Å². The van der Waals surface area contributed by atoms with Gasteiger partial charge in [-0.1, -0.05) is 6.07 Å². The zero-order valence-electron chi connectivity index (χ0n) is 11.2. The lowest BCUT2D eigenvalue weighted by atomic mass is 10.2. The highest BCUT2D eigenvalue weighted by molar-refractivity contribution is 5.79. The number of hydrogen-bond donors (Lipinski definition) is 1. The third-order valence-electron chi connectivity index (χ3n) is 3.09. The molecule has 0 aromatic carbocycles. The molecule has 5 nitrogen and oxygen atoms in total. The molecule has 5 heteroatoms. The third-order valence-corrected chi connectivity index (χ3v) is 3.09. The first-order chi connectivity index (χ1) is 9.18. The van der Waals surface area contributed by atoms with E-state index < -0.39 is 0 Å². The van der Waals surface area contributed by atoms with E-state index >= 15 is 0 Å². The second-order valence-electron chi connectivity index (χ2n) is 4.46. The summed E-state index contributed by atoms with van der Waals surface area (Å²) < 4.78 is 1.86. The van der Waals surface area contributed by atoms with Gasteiger partial charge in [-0.15, -0.1) is 0 Å². The van der Waals surface area contributed by atoms with Crippen LogP contribution in [0.25, 0.3) is 0 Å². The summed E-state index contributed by atoms with van der Waals surface area (Å²) in [6.45, 7) is 4.37. The minimum Gasteiger partial charge on any atom is -0.354 e. The predicted molar refractivity (Wildman–Crippen MR) is 72.6 cm³/mol. The maximum atomic E-state index is 12.0. The van der Waals surface area contributed by atoms with E-state index in [0.29, 0.717) is 6.54 Å². The van der Waals surface area contributed by atoms with Crippen LogP contribution in [-0.4, -0.2) is 27.0 Å². The largest absolute Gasteiger partial charge is 0.354 e. The van der Waals surface area contributed by atoms with Crippen LogP contribution in [0.2, 0.25) is 0 Å². The SMILES string of the molecule is Cc1nccn1[C@H](C)C(=O)NCCc1cccnc1. The third kappa shape index (κ3) is 3.40. The van der Waals surface area contributed by atoms with Crippen LogP contribution < -0.4 is 5.32 Å². The Hall–Kier alpha value is -2.17. The van der Waals surface area contributed by atoms with Gasteiger partial charge in [-0.25, -0.2) is 4.98 Å². The molecule has 0 aliphatic carbocycles. The number of carbonyl (C=O) groups is 1. The molecule has 2 aromatic rings. The molecule has 0 saturated heterocycles. The van der Waals surface area contributed by atoms with E-state index in [4.69, 9.17) is 0 Å². The van der Waals surface area contributed by atoms with Crippen LogP contribution in [0.1, 0.15) is 24.4 Å². The van der Waals surface area contributed by atoms with E-state index in [1.54, 1.807) is 12.4 Å². The maximum Gasteiger partial charge on any atom is 0.242 e. The highest BCUT2D eigenvalue weighted by atomic mass is 16.2. The average molecular weight is 258 g/mol. The Labute approximate surface area is 112 Å². The van der Waals surface area contributed by atoms with Crippen LogP contribution in [0.15, 0.2) is 36.9 Å². The maximum absolute atomic E-state index is 12.0. The minimum atomic E-state index is -0.239. The molecule has 19 heavy (non-hydrogen) atoms. The van der Waals surface area contributed by atoms with Gasteiger partial charge in [0.05, 0.1) is 0 Å². The van der Waals surface area contributed by atoms with Crippen molar-refractivity contribution in [2.45, 2.75) is 26.3 Å². The van der Waals surface area contributed by atoms with Gasteiger partial charge in [0.15, 0.2) is 0 Å². The van der Waals surface area contributed by atoms with Gasteiger partial charge in [0, 0.05) is 31.3 Å². The average Bonchev–Trinajstić information content (AvgIpc) is 2.85. The van der Waals surface area contributed by atoms with E-state index in [0.717, 1.165) is 17.8 Å². The molecular formula is C14H18N4O. The summed E-state index contributed by atoms with van der Waals surface area (Å²) in [5.41, 5.74) is 1.12. The van der Waals surface area contributed by atoms with Gasteiger partial charge >= 0.3 is 0 Å². The lowest BCUT2D eigenvalue weighted by Gasteiger charge is -2.15. The molecular weight excluding hydrogens is 240 g/mol. The van der Waals surface area contributed by atoms with Gasteiger partial charge in [-0.05, 0) is 31.9 Å². The molecule has 0 bridgehead atoms. The van der Waals surface area contributed by atoms with Crippen LogP contribution in [0, 0.1) is 6.92 Å². The van der Waals surface area contributed by atoms with Crippen molar-refractivity contribution in [3.05, 3.63) is 48.3 Å². The fourth-order valence-corrected chi connectivity index (χ4v) is 1.95. The molecule has 2 rings (SSSR count). The molecule has 1 atom stereocenters. The molecule has 2 aromatic heterocycles. The molecule has 100 valence electrons. The number of rotatable bonds is 5. The van der Waals surface area contributed by atoms with Gasteiger partial charge in [0.1, 0.15) is 11.9 Å². The van der Waals surface area contributed by atoms with Gasteiger partial charge < -0.3 is 9.88 Å². The first-order valence-corrected chi connectivity index (χ1v) is 6.34. The Bertz CT molecular complexity index is 535. The van der Waals surface area contributed by atoms with Gasteiger partial charge in [-0.2, -0.15) is 0 Å². The Morgan fingerprint density at radius 2 is 2.32 bits per heavy atom. The Morgan fingerprint density at radius 1 is 1.47 bits per heavy atom. The smallest absolute Gasteiger partial charge is 0.242 e. The lowest BCUT2D eigenvalue weighted by molar-refractivity contribution is -0.123. The van der Waals surface area contributed by atoms with Crippen molar-refractivity contribution in [2.24, 2.45) is 0 Å². The van der Waals surface area contributed by atoms with Crippen molar-refractivity contribution < 1.29 is 4.79 Å². The number of aromatic nitrogens is 3. The molecule has 1 amide bonds. The second kappa shape index (κ2) is 6.13. The fraction of sp³-hybridized carbons (Fsp3) is 0.357. The number of amides is 1. The molecule has 0 radical (unpaired) electrons. The highest BCUT2D eigenvalue weighted by Gasteiger charge is 2.15. The lowest BCUT2D eigenvalue weighted by Crippen LogP contribution is -2.32. The molecule has 0 unspecified atom stereocenters. The monoisotopic (exact) mass is 258 g/mol. The van der Waals surface area contributed by atoms with Crippen LogP contribution >= 0.6 is 0 Å². The standard InChI is InChI=1S/C14H18N4O/c1-11(18-9-8-16-12(18)2)14(19)17-7-5-13-4-3-6-15-10-13/h3-4,6,8-11H,5,7H2,1-2H3,(H,17,19)/t11-/m1/s1. The molecule has 1 N–H and O–H groups in total. The van der Waals surface area contributed by atoms with Crippen LogP contribution in [0.3, 0.4) is 0 Å². The van der Waals surface area contributed by atoms with Crippen LogP contribution in [-0.2, 0) is 11.2 Å². The molecule has 0 aliphatic heterocycles. The molecule has 0 saturated carbocycles. The van der Waals surface area contributed by atoms with E-state index in [1.165, 1.54) is 0 Å². The van der Waals surface area contributed by atoms with Crippen LogP contribution in [0.5, 0.6) is 0 Å². The Balaban J connectivity index is 1.83. The first-order valence-electron chi connectivity index (χ1n) is 6.34.